The van der Waals surface area contributed by atoms with Crippen LogP contribution in [-0.2, 0) is 4.74 Å². The maximum Gasteiger partial charge on any atom is 0.410 e. The van der Waals surface area contributed by atoms with Crippen LogP contribution < -0.4 is 0 Å². The van der Waals surface area contributed by atoms with Crippen molar-refractivity contribution in [3.05, 3.63) is 34.9 Å². The number of carbonyl (C=O) groups is 1. The van der Waals surface area contributed by atoms with Crippen molar-refractivity contribution in [2.24, 2.45) is 0 Å². The van der Waals surface area contributed by atoms with E-state index in [9.17, 15) is 4.79 Å². The molecule has 0 saturated carbocycles. The summed E-state index contributed by atoms with van der Waals surface area (Å²) in [6, 6.07) is 3.91. The Morgan fingerprint density at radius 2 is 2.21 bits per heavy atom. The monoisotopic (exact) mass is 345 g/mol. The SMILES string of the molecule is CC(C)(C)OC(=O)N1CCCC[C@@H]1c1nc(-c2cccnc2)cs1. The van der Waals surface area contributed by atoms with E-state index in [1.54, 1.807) is 17.5 Å². The third kappa shape index (κ3) is 3.93. The van der Waals surface area contributed by atoms with Crippen LogP contribution in [0, 0.1) is 0 Å². The van der Waals surface area contributed by atoms with Crippen LogP contribution in [0.3, 0.4) is 0 Å². The number of likely N-dealkylation sites (tertiary alicyclic amines) is 1. The fourth-order valence-electron chi connectivity index (χ4n) is 2.81. The van der Waals surface area contributed by atoms with Crippen LogP contribution in [0.15, 0.2) is 29.9 Å². The molecule has 5 nitrogen and oxygen atoms in total. The summed E-state index contributed by atoms with van der Waals surface area (Å²) in [5, 5.41) is 3.01. The number of amides is 1. The van der Waals surface area contributed by atoms with Crippen molar-refractivity contribution in [3.63, 3.8) is 0 Å². The van der Waals surface area contributed by atoms with Gasteiger partial charge in [0.1, 0.15) is 10.6 Å². The molecule has 3 heterocycles. The van der Waals surface area contributed by atoms with Crippen molar-refractivity contribution in [3.8, 4) is 11.3 Å². The molecule has 2 aromatic heterocycles. The quantitative estimate of drug-likeness (QED) is 0.794. The highest BCUT2D eigenvalue weighted by atomic mass is 32.1. The second-order valence-electron chi connectivity index (χ2n) is 7.00. The maximum atomic E-state index is 12.5. The third-order valence-electron chi connectivity index (χ3n) is 3.90. The Labute approximate surface area is 146 Å². The number of carbonyl (C=O) groups excluding carboxylic acids is 1. The number of ether oxygens (including phenoxy) is 1. The van der Waals surface area contributed by atoms with E-state index in [2.05, 4.69) is 4.98 Å². The number of rotatable bonds is 2. The van der Waals surface area contributed by atoms with Crippen LogP contribution in [-0.4, -0.2) is 33.1 Å². The lowest BCUT2D eigenvalue weighted by Crippen LogP contribution is -2.41. The van der Waals surface area contributed by atoms with Gasteiger partial charge in [0.25, 0.3) is 0 Å². The van der Waals surface area contributed by atoms with Crippen molar-refractivity contribution >= 4 is 17.4 Å². The fourth-order valence-corrected chi connectivity index (χ4v) is 3.79. The number of hydrogen-bond donors (Lipinski definition) is 0. The summed E-state index contributed by atoms with van der Waals surface area (Å²) in [6.07, 6.45) is 6.36. The summed E-state index contributed by atoms with van der Waals surface area (Å²) in [6.45, 7) is 6.41. The molecule has 0 N–H and O–H groups in total. The number of nitrogens with zero attached hydrogens (tertiary/aromatic N) is 3. The molecule has 0 aliphatic carbocycles. The van der Waals surface area contributed by atoms with Crippen LogP contribution >= 0.6 is 11.3 Å². The molecule has 0 unspecified atom stereocenters. The summed E-state index contributed by atoms with van der Waals surface area (Å²) in [7, 11) is 0. The number of pyridine rings is 1. The van der Waals surface area contributed by atoms with Gasteiger partial charge in [0.2, 0.25) is 0 Å². The van der Waals surface area contributed by atoms with Crippen molar-refractivity contribution in [2.45, 2.75) is 51.7 Å². The van der Waals surface area contributed by atoms with E-state index < -0.39 is 5.60 Å². The lowest BCUT2D eigenvalue weighted by Gasteiger charge is -2.35. The second-order valence-corrected chi connectivity index (χ2v) is 7.89. The highest BCUT2D eigenvalue weighted by molar-refractivity contribution is 7.10. The molecule has 6 heteroatoms. The van der Waals surface area contributed by atoms with Crippen LogP contribution in [0.5, 0.6) is 0 Å². The van der Waals surface area contributed by atoms with Gasteiger partial charge in [-0.05, 0) is 52.2 Å². The lowest BCUT2D eigenvalue weighted by molar-refractivity contribution is 0.00950. The van der Waals surface area contributed by atoms with Crippen LogP contribution in [0.25, 0.3) is 11.3 Å². The predicted molar refractivity (Wildman–Crippen MR) is 94.9 cm³/mol. The third-order valence-corrected chi connectivity index (χ3v) is 4.84. The zero-order valence-electron chi connectivity index (χ0n) is 14.4. The first-order valence-corrected chi connectivity index (χ1v) is 9.17. The Bertz CT molecular complexity index is 694. The van der Waals surface area contributed by atoms with Crippen molar-refractivity contribution in [2.75, 3.05) is 6.54 Å². The molecule has 3 rings (SSSR count). The van der Waals surface area contributed by atoms with E-state index in [1.165, 1.54) is 0 Å². The summed E-state index contributed by atoms with van der Waals surface area (Å²) in [5.41, 5.74) is 1.43. The fraction of sp³-hybridized carbons (Fsp3) is 0.500. The van der Waals surface area contributed by atoms with Gasteiger partial charge in [-0.25, -0.2) is 9.78 Å². The van der Waals surface area contributed by atoms with E-state index >= 15 is 0 Å². The number of aromatic nitrogens is 2. The summed E-state index contributed by atoms with van der Waals surface area (Å²) in [4.78, 5) is 23.3. The molecule has 1 aliphatic rings. The normalized spacial score (nSPS) is 18.5. The van der Waals surface area contributed by atoms with Gasteiger partial charge in [0.15, 0.2) is 0 Å². The number of hydrogen-bond acceptors (Lipinski definition) is 5. The predicted octanol–water partition coefficient (Wildman–Crippen LogP) is 4.67. The molecule has 24 heavy (non-hydrogen) atoms. The van der Waals surface area contributed by atoms with Crippen molar-refractivity contribution in [1.29, 1.82) is 0 Å². The molecule has 0 spiro atoms. The molecule has 1 aliphatic heterocycles. The van der Waals surface area contributed by atoms with Gasteiger partial charge in [-0.1, -0.05) is 0 Å². The summed E-state index contributed by atoms with van der Waals surface area (Å²) < 4.78 is 5.57. The van der Waals surface area contributed by atoms with E-state index in [-0.39, 0.29) is 12.1 Å². The van der Waals surface area contributed by atoms with Gasteiger partial charge in [-0.3, -0.25) is 9.88 Å². The first-order chi connectivity index (χ1) is 11.4. The summed E-state index contributed by atoms with van der Waals surface area (Å²) >= 11 is 1.60. The van der Waals surface area contributed by atoms with Gasteiger partial charge in [0.05, 0.1) is 11.7 Å². The van der Waals surface area contributed by atoms with E-state index in [0.29, 0.717) is 0 Å². The highest BCUT2D eigenvalue weighted by Gasteiger charge is 2.33. The minimum Gasteiger partial charge on any atom is -0.444 e. The molecule has 128 valence electrons. The molecule has 0 aromatic carbocycles. The standard InChI is InChI=1S/C18H23N3O2S/c1-18(2,3)23-17(22)21-10-5-4-8-15(21)16-20-14(12-24-16)13-7-6-9-19-11-13/h6-7,9,11-12,15H,4-5,8,10H2,1-3H3/t15-/m1/s1. The molecule has 1 fully saturated rings. The largest absolute Gasteiger partial charge is 0.444 e. The smallest absolute Gasteiger partial charge is 0.410 e. The maximum absolute atomic E-state index is 12.5. The zero-order chi connectivity index (χ0) is 17.2. The topological polar surface area (TPSA) is 55.3 Å². The van der Waals surface area contributed by atoms with Gasteiger partial charge in [-0.2, -0.15) is 0 Å². The Morgan fingerprint density at radius 3 is 2.92 bits per heavy atom. The van der Waals surface area contributed by atoms with Gasteiger partial charge >= 0.3 is 6.09 Å². The van der Waals surface area contributed by atoms with E-state index in [4.69, 9.17) is 9.72 Å². The molecule has 2 aromatic rings. The Morgan fingerprint density at radius 1 is 1.38 bits per heavy atom. The average molecular weight is 345 g/mol. The minimum absolute atomic E-state index is 0.00372. The van der Waals surface area contributed by atoms with Crippen LogP contribution in [0.2, 0.25) is 0 Å². The minimum atomic E-state index is -0.483. The molecule has 1 atom stereocenters. The summed E-state index contributed by atoms with van der Waals surface area (Å²) in [5.74, 6) is 0. The number of thiazole rings is 1. The molecule has 1 saturated heterocycles. The Hall–Kier alpha value is -1.95. The average Bonchev–Trinajstić information content (AvgIpc) is 3.04. The van der Waals surface area contributed by atoms with Crippen molar-refractivity contribution < 1.29 is 9.53 Å². The van der Waals surface area contributed by atoms with Crippen molar-refractivity contribution in [1.82, 2.24) is 14.9 Å². The molecule has 0 bridgehead atoms. The molecule has 0 radical (unpaired) electrons. The van der Waals surface area contributed by atoms with E-state index in [0.717, 1.165) is 42.1 Å². The van der Waals surface area contributed by atoms with Gasteiger partial charge in [0, 0.05) is 29.9 Å². The second kappa shape index (κ2) is 6.89. The molecular weight excluding hydrogens is 322 g/mol. The first kappa shape index (κ1) is 16.9. The first-order valence-electron chi connectivity index (χ1n) is 8.29. The molecule has 1 amide bonds. The Balaban J connectivity index is 1.81. The van der Waals surface area contributed by atoms with Gasteiger partial charge < -0.3 is 4.74 Å². The molecular formula is C18H23N3O2S. The van der Waals surface area contributed by atoms with E-state index in [1.807, 2.05) is 49.4 Å². The van der Waals surface area contributed by atoms with Gasteiger partial charge in [-0.15, -0.1) is 11.3 Å². The lowest BCUT2D eigenvalue weighted by atomic mass is 10.0. The number of piperidine rings is 1. The Kier molecular flexibility index (Phi) is 4.85. The van der Waals surface area contributed by atoms with Crippen LogP contribution in [0.4, 0.5) is 4.79 Å². The zero-order valence-corrected chi connectivity index (χ0v) is 15.2. The van der Waals surface area contributed by atoms with Crippen LogP contribution in [0.1, 0.15) is 51.1 Å². The highest BCUT2D eigenvalue weighted by Crippen LogP contribution is 2.35.